The molecule has 2 atom stereocenters. The fourth-order valence-electron chi connectivity index (χ4n) is 4.64. The highest BCUT2D eigenvalue weighted by atomic mass is 19.1. The molecule has 1 aliphatic carbocycles. The maximum atomic E-state index is 15.3. The highest BCUT2D eigenvalue weighted by Gasteiger charge is 2.47. The Morgan fingerprint density at radius 2 is 2.00 bits per heavy atom. The number of halogens is 2. The average Bonchev–Trinajstić information content (AvgIpc) is 3.66. The SMILES string of the molecule is COC1(COC(=O)N2CC3COCC(C2)C3Oc2nccc(Nc3ccc(C#N)cc3F)c2F)CC1. The Hall–Kier alpha value is -3.49. The largest absolute Gasteiger partial charge is 0.471 e. The van der Waals surface area contributed by atoms with E-state index in [9.17, 15) is 9.18 Å². The van der Waals surface area contributed by atoms with Crippen molar-refractivity contribution in [3.05, 3.63) is 47.7 Å². The van der Waals surface area contributed by atoms with E-state index < -0.39 is 23.8 Å². The number of piperidine rings is 1. The predicted octanol–water partition coefficient (Wildman–Crippen LogP) is 3.62. The molecule has 1 amide bonds. The number of pyridine rings is 1. The van der Waals surface area contributed by atoms with Crippen molar-refractivity contribution < 1.29 is 32.5 Å². The summed E-state index contributed by atoms with van der Waals surface area (Å²) in [5, 5.41) is 11.6. The first-order valence-corrected chi connectivity index (χ1v) is 11.7. The molecule has 2 bridgehead atoms. The maximum absolute atomic E-state index is 15.3. The van der Waals surface area contributed by atoms with Crippen LogP contribution in [-0.2, 0) is 14.2 Å². The quantitative estimate of drug-likeness (QED) is 0.615. The second-order valence-electron chi connectivity index (χ2n) is 9.40. The molecule has 1 N–H and O–H groups in total. The van der Waals surface area contributed by atoms with Gasteiger partial charge in [-0.1, -0.05) is 0 Å². The number of anilines is 2. The third-order valence-electron chi connectivity index (χ3n) is 6.93. The molecular formula is C25H26F2N4O5. The van der Waals surface area contributed by atoms with Crippen LogP contribution in [0.1, 0.15) is 18.4 Å². The van der Waals surface area contributed by atoms with Crippen molar-refractivity contribution in [1.29, 1.82) is 5.26 Å². The van der Waals surface area contributed by atoms with E-state index in [1.54, 1.807) is 12.0 Å². The average molecular weight is 501 g/mol. The Bertz CT molecular complexity index is 1170. The molecule has 2 aliphatic heterocycles. The minimum absolute atomic E-state index is 0.0156. The summed E-state index contributed by atoms with van der Waals surface area (Å²) in [4.78, 5) is 18.3. The number of fused-ring (bicyclic) bond motifs is 2. The van der Waals surface area contributed by atoms with Gasteiger partial charge in [-0.15, -0.1) is 0 Å². The molecule has 1 saturated carbocycles. The predicted molar refractivity (Wildman–Crippen MR) is 123 cm³/mol. The number of hydrogen-bond acceptors (Lipinski definition) is 8. The summed E-state index contributed by atoms with van der Waals surface area (Å²) in [6.07, 6.45) is 2.28. The van der Waals surface area contributed by atoms with E-state index in [0.29, 0.717) is 26.3 Å². The zero-order chi connectivity index (χ0) is 25.3. The summed E-state index contributed by atoms with van der Waals surface area (Å²) in [7, 11) is 1.62. The molecule has 5 rings (SSSR count). The Balaban J connectivity index is 1.26. The monoisotopic (exact) mass is 500 g/mol. The van der Waals surface area contributed by atoms with E-state index in [-0.39, 0.29) is 46.9 Å². The van der Waals surface area contributed by atoms with Crippen molar-refractivity contribution in [2.45, 2.75) is 24.5 Å². The van der Waals surface area contributed by atoms with Crippen LogP contribution in [0, 0.1) is 34.8 Å². The van der Waals surface area contributed by atoms with Crippen LogP contribution in [0.2, 0.25) is 0 Å². The zero-order valence-corrected chi connectivity index (χ0v) is 19.7. The number of likely N-dealkylation sites (tertiary alicyclic amines) is 1. The molecule has 36 heavy (non-hydrogen) atoms. The van der Waals surface area contributed by atoms with Crippen molar-refractivity contribution >= 4 is 17.5 Å². The van der Waals surface area contributed by atoms with Crippen molar-refractivity contribution in [2.24, 2.45) is 11.8 Å². The molecule has 190 valence electrons. The van der Waals surface area contributed by atoms with Gasteiger partial charge in [-0.3, -0.25) is 0 Å². The number of carbonyl (C=O) groups excluding carboxylic acids is 1. The number of hydrogen-bond donors (Lipinski definition) is 1. The van der Waals surface area contributed by atoms with Gasteiger partial charge in [0.2, 0.25) is 5.82 Å². The topological polar surface area (TPSA) is 106 Å². The summed E-state index contributed by atoms with van der Waals surface area (Å²) in [5.41, 5.74) is -0.187. The first-order valence-electron chi connectivity index (χ1n) is 11.7. The van der Waals surface area contributed by atoms with Gasteiger partial charge in [0, 0.05) is 38.2 Å². The van der Waals surface area contributed by atoms with Crippen LogP contribution in [0.25, 0.3) is 0 Å². The van der Waals surface area contributed by atoms with Gasteiger partial charge in [0.05, 0.1) is 36.2 Å². The number of nitriles is 1. The van der Waals surface area contributed by atoms with Gasteiger partial charge < -0.3 is 29.2 Å². The van der Waals surface area contributed by atoms with Crippen LogP contribution in [0.5, 0.6) is 5.88 Å². The number of methoxy groups -OCH3 is 1. The van der Waals surface area contributed by atoms with Crippen molar-refractivity contribution in [2.75, 3.05) is 45.3 Å². The van der Waals surface area contributed by atoms with E-state index in [1.807, 2.05) is 6.07 Å². The maximum Gasteiger partial charge on any atom is 0.409 e. The first-order chi connectivity index (χ1) is 17.4. The number of nitrogens with zero attached hydrogens (tertiary/aromatic N) is 3. The second kappa shape index (κ2) is 9.87. The van der Waals surface area contributed by atoms with Gasteiger partial charge >= 0.3 is 6.09 Å². The van der Waals surface area contributed by atoms with Crippen LogP contribution < -0.4 is 10.1 Å². The molecule has 1 aromatic carbocycles. The molecule has 0 radical (unpaired) electrons. The highest BCUT2D eigenvalue weighted by molar-refractivity contribution is 5.68. The van der Waals surface area contributed by atoms with Crippen LogP contribution in [0.3, 0.4) is 0 Å². The van der Waals surface area contributed by atoms with Crippen molar-refractivity contribution in [1.82, 2.24) is 9.88 Å². The van der Waals surface area contributed by atoms with Crippen LogP contribution in [0.15, 0.2) is 30.5 Å². The van der Waals surface area contributed by atoms with Crippen LogP contribution in [-0.4, -0.2) is 67.7 Å². The van der Waals surface area contributed by atoms with Crippen molar-refractivity contribution in [3.63, 3.8) is 0 Å². The molecule has 2 saturated heterocycles. The minimum Gasteiger partial charge on any atom is -0.471 e. The number of aromatic nitrogens is 1. The summed E-state index contributed by atoms with van der Waals surface area (Å²) in [6, 6.07) is 7.09. The minimum atomic E-state index is -0.767. The zero-order valence-electron chi connectivity index (χ0n) is 19.7. The van der Waals surface area contributed by atoms with Crippen LogP contribution >= 0.6 is 0 Å². The fourth-order valence-corrected chi connectivity index (χ4v) is 4.64. The molecule has 0 spiro atoms. The van der Waals surface area contributed by atoms with Gasteiger partial charge in [-0.05, 0) is 37.1 Å². The molecule has 3 fully saturated rings. The number of nitrogens with one attached hydrogen (secondary N) is 1. The summed E-state index contributed by atoms with van der Waals surface area (Å²) >= 11 is 0. The third-order valence-corrected chi connectivity index (χ3v) is 6.93. The molecular weight excluding hydrogens is 474 g/mol. The first kappa shape index (κ1) is 24.2. The lowest BCUT2D eigenvalue weighted by Gasteiger charge is -2.45. The molecule has 11 heteroatoms. The van der Waals surface area contributed by atoms with E-state index in [4.69, 9.17) is 24.2 Å². The van der Waals surface area contributed by atoms with E-state index in [0.717, 1.165) is 18.9 Å². The lowest BCUT2D eigenvalue weighted by molar-refractivity contribution is -0.112. The van der Waals surface area contributed by atoms with Gasteiger partial charge in [0.1, 0.15) is 24.1 Å². The molecule has 2 unspecified atom stereocenters. The Morgan fingerprint density at radius 3 is 2.64 bits per heavy atom. The molecule has 3 heterocycles. The Kier molecular flexibility index (Phi) is 6.64. The fraction of sp³-hybridized carbons (Fsp3) is 0.480. The number of ether oxygens (including phenoxy) is 4. The third kappa shape index (κ3) is 4.92. The second-order valence-corrected chi connectivity index (χ2v) is 9.40. The highest BCUT2D eigenvalue weighted by Crippen LogP contribution is 2.39. The van der Waals surface area contributed by atoms with Crippen molar-refractivity contribution in [3.8, 4) is 11.9 Å². The van der Waals surface area contributed by atoms with Gasteiger partial charge in [0.15, 0.2) is 0 Å². The molecule has 9 nitrogen and oxygen atoms in total. The number of rotatable bonds is 7. The van der Waals surface area contributed by atoms with Gasteiger partial charge in [-0.25, -0.2) is 14.2 Å². The number of carbonyl (C=O) groups is 1. The standard InChI is InChI=1S/C25H26F2N4O5/c1-33-25(5-6-25)14-35-24(32)31-10-16-12-34-13-17(11-31)22(16)36-23-21(27)20(4-7-29-23)30-19-3-2-15(9-28)8-18(19)26/h2-4,7-8,16-17,22H,5-6,10-14H2,1H3,(H,29,30). The summed E-state index contributed by atoms with van der Waals surface area (Å²) in [6.45, 7) is 1.61. The Labute approximate surface area is 206 Å². The Morgan fingerprint density at radius 1 is 1.25 bits per heavy atom. The van der Waals surface area contributed by atoms with E-state index in [1.165, 1.54) is 24.4 Å². The lowest BCUT2D eigenvalue weighted by Crippen LogP contribution is -2.58. The number of benzene rings is 1. The summed E-state index contributed by atoms with van der Waals surface area (Å²) < 4.78 is 52.1. The smallest absolute Gasteiger partial charge is 0.409 e. The number of amides is 1. The lowest BCUT2D eigenvalue weighted by atomic mass is 9.84. The van der Waals surface area contributed by atoms with Gasteiger partial charge in [-0.2, -0.15) is 9.65 Å². The van der Waals surface area contributed by atoms with E-state index >= 15 is 4.39 Å². The summed E-state index contributed by atoms with van der Waals surface area (Å²) in [5.74, 6) is -2.07. The molecule has 2 aromatic rings. The van der Waals surface area contributed by atoms with Crippen LogP contribution in [0.4, 0.5) is 25.0 Å². The normalized spacial score (nSPS) is 23.9. The van der Waals surface area contributed by atoms with E-state index in [2.05, 4.69) is 10.3 Å². The van der Waals surface area contributed by atoms with Gasteiger partial charge in [0.25, 0.3) is 5.88 Å². The molecule has 3 aliphatic rings. The molecule has 1 aromatic heterocycles.